The van der Waals surface area contributed by atoms with E-state index in [0.717, 1.165) is 37.8 Å². The Morgan fingerprint density at radius 1 is 1.54 bits per heavy atom. The van der Waals surface area contributed by atoms with Gasteiger partial charge in [0, 0.05) is 12.3 Å². The topological polar surface area (TPSA) is 21.6 Å². The minimum absolute atomic E-state index is 0.0252. The number of hydrogen-bond acceptors (Lipinski definition) is 2. The van der Waals surface area contributed by atoms with E-state index in [9.17, 15) is 0 Å². The maximum absolute atomic E-state index is 5.51. The van der Waals surface area contributed by atoms with Gasteiger partial charge in [-0.25, -0.2) is 0 Å². The van der Waals surface area contributed by atoms with E-state index in [0.29, 0.717) is 5.92 Å². The number of rotatable bonds is 0. The van der Waals surface area contributed by atoms with Gasteiger partial charge in [0.1, 0.15) is 5.60 Å². The molecule has 2 rings (SSSR count). The molecule has 0 saturated heterocycles. The predicted molar refractivity (Wildman–Crippen MR) is 52.3 cm³/mol. The Kier molecular flexibility index (Phi) is 2.03. The van der Waals surface area contributed by atoms with E-state index in [4.69, 9.17) is 11.3 Å². The van der Waals surface area contributed by atoms with Gasteiger partial charge in [0.25, 0.3) is 0 Å². The molecule has 1 aliphatic carbocycles. The van der Waals surface area contributed by atoms with E-state index in [-0.39, 0.29) is 5.60 Å². The molecular weight excluding hydrogens is 162 g/mol. The molecule has 0 atom stereocenters. The van der Waals surface area contributed by atoms with E-state index in [1.165, 1.54) is 0 Å². The molecule has 1 spiro atoms. The van der Waals surface area contributed by atoms with Gasteiger partial charge in [0.05, 0.1) is 5.71 Å². The van der Waals surface area contributed by atoms with Crippen molar-refractivity contribution in [3.63, 3.8) is 0 Å². The van der Waals surface area contributed by atoms with Crippen LogP contribution in [0.25, 0.3) is 0 Å². The third-order valence-corrected chi connectivity index (χ3v) is 3.11. The fraction of sp³-hybridized carbons (Fsp3) is 0.727. The summed E-state index contributed by atoms with van der Waals surface area (Å²) in [5, 5.41) is 4.03. The molecule has 0 aromatic heterocycles. The van der Waals surface area contributed by atoms with Gasteiger partial charge in [-0.15, -0.1) is 12.3 Å². The molecule has 0 aromatic rings. The van der Waals surface area contributed by atoms with Crippen LogP contribution >= 0.6 is 0 Å². The fourth-order valence-electron chi connectivity index (χ4n) is 2.28. The van der Waals surface area contributed by atoms with Crippen LogP contribution in [0.2, 0.25) is 0 Å². The van der Waals surface area contributed by atoms with E-state index < -0.39 is 0 Å². The van der Waals surface area contributed by atoms with Gasteiger partial charge in [-0.2, -0.15) is 0 Å². The van der Waals surface area contributed by atoms with Crippen molar-refractivity contribution in [1.29, 1.82) is 0 Å². The summed E-state index contributed by atoms with van der Waals surface area (Å²) >= 11 is 0. The van der Waals surface area contributed by atoms with Gasteiger partial charge in [-0.05, 0) is 32.6 Å². The Balaban J connectivity index is 1.96. The second-order valence-electron chi connectivity index (χ2n) is 4.22. The smallest absolute Gasteiger partial charge is 0.143 e. The highest BCUT2D eigenvalue weighted by molar-refractivity contribution is 5.83. The average molecular weight is 177 g/mol. The lowest BCUT2D eigenvalue weighted by Gasteiger charge is -2.32. The average Bonchev–Trinajstić information content (AvgIpc) is 2.49. The molecule has 0 aromatic carbocycles. The van der Waals surface area contributed by atoms with E-state index in [1.807, 2.05) is 6.92 Å². The van der Waals surface area contributed by atoms with E-state index in [1.54, 1.807) is 0 Å². The molecule has 2 nitrogen and oxygen atoms in total. The van der Waals surface area contributed by atoms with Crippen LogP contribution in [0, 0.1) is 18.3 Å². The van der Waals surface area contributed by atoms with Crippen molar-refractivity contribution in [3.05, 3.63) is 0 Å². The Bertz CT molecular complexity index is 266. The third-order valence-electron chi connectivity index (χ3n) is 3.11. The minimum Gasteiger partial charge on any atom is -0.389 e. The van der Waals surface area contributed by atoms with Crippen molar-refractivity contribution in [3.8, 4) is 12.3 Å². The van der Waals surface area contributed by atoms with Gasteiger partial charge in [0.2, 0.25) is 0 Å². The van der Waals surface area contributed by atoms with Gasteiger partial charge >= 0.3 is 0 Å². The van der Waals surface area contributed by atoms with Crippen LogP contribution in [-0.2, 0) is 4.84 Å². The normalized spacial score (nSPS) is 38.2. The number of terminal acetylenes is 1. The fourth-order valence-corrected chi connectivity index (χ4v) is 2.28. The van der Waals surface area contributed by atoms with Crippen LogP contribution in [0.4, 0.5) is 0 Å². The third kappa shape index (κ3) is 1.56. The summed E-state index contributed by atoms with van der Waals surface area (Å²) in [4.78, 5) is 5.51. The first-order chi connectivity index (χ1) is 6.24. The van der Waals surface area contributed by atoms with E-state index >= 15 is 0 Å². The van der Waals surface area contributed by atoms with Gasteiger partial charge in [-0.1, -0.05) is 5.16 Å². The van der Waals surface area contributed by atoms with Crippen molar-refractivity contribution in [2.24, 2.45) is 11.1 Å². The SMILES string of the molecule is C#CC1CCC2(CC1)CC(C)=NO2. The minimum atomic E-state index is 0.0252. The largest absolute Gasteiger partial charge is 0.389 e. The van der Waals surface area contributed by atoms with Gasteiger partial charge < -0.3 is 4.84 Å². The molecule has 1 aliphatic heterocycles. The lowest BCUT2D eigenvalue weighted by molar-refractivity contribution is -0.0499. The molecule has 1 fully saturated rings. The van der Waals surface area contributed by atoms with Crippen molar-refractivity contribution in [2.75, 3.05) is 0 Å². The van der Waals surface area contributed by atoms with Crippen molar-refractivity contribution >= 4 is 5.71 Å². The zero-order valence-corrected chi connectivity index (χ0v) is 8.05. The molecule has 0 N–H and O–H groups in total. The zero-order valence-electron chi connectivity index (χ0n) is 8.05. The molecule has 2 aliphatic rings. The van der Waals surface area contributed by atoms with Crippen molar-refractivity contribution < 1.29 is 4.84 Å². The van der Waals surface area contributed by atoms with Crippen LogP contribution in [0.3, 0.4) is 0 Å². The molecule has 0 unspecified atom stereocenters. The Labute approximate surface area is 79.3 Å². The second kappa shape index (κ2) is 3.06. The molecule has 13 heavy (non-hydrogen) atoms. The summed E-state index contributed by atoms with van der Waals surface area (Å²) in [7, 11) is 0. The highest BCUT2D eigenvalue weighted by Crippen LogP contribution is 2.40. The maximum atomic E-state index is 5.51. The first-order valence-corrected chi connectivity index (χ1v) is 4.92. The van der Waals surface area contributed by atoms with E-state index in [2.05, 4.69) is 11.1 Å². The molecule has 1 heterocycles. The van der Waals surface area contributed by atoms with Crippen molar-refractivity contribution in [1.82, 2.24) is 0 Å². The molecule has 0 amide bonds. The molecule has 0 bridgehead atoms. The van der Waals surface area contributed by atoms with Crippen LogP contribution < -0.4 is 0 Å². The number of nitrogens with zero attached hydrogens (tertiary/aromatic N) is 1. The van der Waals surface area contributed by atoms with Crippen LogP contribution in [0.15, 0.2) is 5.16 Å². The Hall–Kier alpha value is -0.970. The highest BCUT2D eigenvalue weighted by atomic mass is 16.7. The number of oxime groups is 1. The Morgan fingerprint density at radius 3 is 2.69 bits per heavy atom. The summed E-state index contributed by atoms with van der Waals surface area (Å²) in [6.07, 6.45) is 10.7. The zero-order chi connectivity index (χ0) is 9.31. The molecule has 0 radical (unpaired) electrons. The summed E-state index contributed by atoms with van der Waals surface area (Å²) in [6.45, 7) is 2.03. The predicted octanol–water partition coefficient (Wildman–Crippen LogP) is 2.34. The summed E-state index contributed by atoms with van der Waals surface area (Å²) in [5.41, 5.74) is 1.15. The monoisotopic (exact) mass is 177 g/mol. The summed E-state index contributed by atoms with van der Waals surface area (Å²) in [6, 6.07) is 0. The first-order valence-electron chi connectivity index (χ1n) is 4.92. The summed E-state index contributed by atoms with van der Waals surface area (Å²) in [5.74, 6) is 3.30. The quantitative estimate of drug-likeness (QED) is 0.520. The summed E-state index contributed by atoms with van der Waals surface area (Å²) < 4.78 is 0. The maximum Gasteiger partial charge on any atom is 0.143 e. The number of hydrogen-bond donors (Lipinski definition) is 0. The van der Waals surface area contributed by atoms with Gasteiger partial charge in [-0.3, -0.25) is 0 Å². The second-order valence-corrected chi connectivity index (χ2v) is 4.22. The van der Waals surface area contributed by atoms with Crippen LogP contribution in [0.5, 0.6) is 0 Å². The lowest BCUT2D eigenvalue weighted by Crippen LogP contribution is -2.33. The Morgan fingerprint density at radius 2 is 2.23 bits per heavy atom. The van der Waals surface area contributed by atoms with Gasteiger partial charge in [0.15, 0.2) is 0 Å². The first kappa shape index (κ1) is 8.62. The van der Waals surface area contributed by atoms with Crippen molar-refractivity contribution in [2.45, 2.75) is 44.6 Å². The molecular formula is C11H15NO. The molecule has 1 saturated carbocycles. The van der Waals surface area contributed by atoms with Crippen LogP contribution in [0.1, 0.15) is 39.0 Å². The highest BCUT2D eigenvalue weighted by Gasteiger charge is 2.40. The molecule has 70 valence electrons. The standard InChI is InChI=1S/C11H15NO/c1-3-10-4-6-11(7-5-10)8-9(2)12-13-11/h1,10H,4-8H2,2H3. The lowest BCUT2D eigenvalue weighted by atomic mass is 9.77. The molecule has 2 heteroatoms. The van der Waals surface area contributed by atoms with Crippen LogP contribution in [-0.4, -0.2) is 11.3 Å².